The molecule has 1 aliphatic heterocycles. The van der Waals surface area contributed by atoms with E-state index in [1.54, 1.807) is 43.6 Å². The van der Waals surface area contributed by atoms with Crippen LogP contribution < -0.4 is 14.2 Å². The van der Waals surface area contributed by atoms with Crippen molar-refractivity contribution >= 4 is 41.2 Å². The Balaban J connectivity index is 1.57. The van der Waals surface area contributed by atoms with Crippen LogP contribution in [0.5, 0.6) is 17.2 Å². The summed E-state index contributed by atoms with van der Waals surface area (Å²) in [6.45, 7) is 3.13. The standard InChI is InChI=1S/C34H32Cl2N2O7/c1-3-4-10-38-32(28-8-6-26(36)17-31(28)45-19-24-14-25(35)5-7-27(24)34(41)42)23(18-37-38)13-22(33(39)40)12-21-16-30-20(9-11-44-30)15-29(21)43-2/h5-8,13-18H,3-4,9-12,19H2,1-2H3,(H,39,40)(H,41,42)/b22-13+. The number of ether oxygens (including phenoxy) is 3. The van der Waals surface area contributed by atoms with Gasteiger partial charge in [-0.2, -0.15) is 5.10 Å². The first-order chi connectivity index (χ1) is 21.7. The molecule has 0 saturated carbocycles. The molecular formula is C34H32Cl2N2O7. The molecule has 0 unspecified atom stereocenters. The molecular weight excluding hydrogens is 619 g/mol. The van der Waals surface area contributed by atoms with Gasteiger partial charge in [-0.3, -0.25) is 4.68 Å². The Hall–Kier alpha value is -4.47. The lowest BCUT2D eigenvalue weighted by Gasteiger charge is -2.16. The van der Waals surface area contributed by atoms with E-state index in [-0.39, 0.29) is 24.2 Å². The van der Waals surface area contributed by atoms with E-state index in [0.717, 1.165) is 30.6 Å². The van der Waals surface area contributed by atoms with E-state index in [1.807, 2.05) is 16.8 Å². The van der Waals surface area contributed by atoms with Crippen molar-refractivity contribution in [1.29, 1.82) is 0 Å². The van der Waals surface area contributed by atoms with Gasteiger partial charge in [0.05, 0.1) is 31.2 Å². The summed E-state index contributed by atoms with van der Waals surface area (Å²) >= 11 is 12.5. The predicted molar refractivity (Wildman–Crippen MR) is 172 cm³/mol. The van der Waals surface area contributed by atoms with Gasteiger partial charge in [0.25, 0.3) is 0 Å². The van der Waals surface area contributed by atoms with Gasteiger partial charge < -0.3 is 24.4 Å². The molecule has 0 radical (unpaired) electrons. The minimum absolute atomic E-state index is 0.0677. The van der Waals surface area contributed by atoms with E-state index < -0.39 is 11.9 Å². The van der Waals surface area contributed by atoms with Crippen molar-refractivity contribution in [2.24, 2.45) is 0 Å². The highest BCUT2D eigenvalue weighted by Crippen LogP contribution is 2.38. The summed E-state index contributed by atoms with van der Waals surface area (Å²) in [6.07, 6.45) is 5.86. The Labute approximate surface area is 270 Å². The molecule has 2 N–H and O–H groups in total. The van der Waals surface area contributed by atoms with Crippen molar-refractivity contribution < 1.29 is 34.0 Å². The van der Waals surface area contributed by atoms with Crippen LogP contribution in [0.2, 0.25) is 10.0 Å². The van der Waals surface area contributed by atoms with Crippen LogP contribution in [0.1, 0.15) is 52.4 Å². The van der Waals surface area contributed by atoms with E-state index >= 15 is 0 Å². The van der Waals surface area contributed by atoms with Crippen LogP contribution in [0.15, 0.2) is 60.3 Å². The molecule has 1 aromatic heterocycles. The number of hydrogen-bond donors (Lipinski definition) is 2. The summed E-state index contributed by atoms with van der Waals surface area (Å²) in [4.78, 5) is 24.4. The summed E-state index contributed by atoms with van der Waals surface area (Å²) < 4.78 is 19.3. The number of halogens is 2. The Morgan fingerprint density at radius 3 is 2.56 bits per heavy atom. The Morgan fingerprint density at radius 1 is 1.04 bits per heavy atom. The van der Waals surface area contributed by atoms with E-state index in [4.69, 9.17) is 37.4 Å². The molecule has 11 heteroatoms. The third kappa shape index (κ3) is 7.27. The molecule has 0 aliphatic carbocycles. The molecule has 0 fully saturated rings. The molecule has 4 aromatic rings. The lowest BCUT2D eigenvalue weighted by atomic mass is 9.98. The molecule has 0 amide bonds. The lowest BCUT2D eigenvalue weighted by Crippen LogP contribution is -2.08. The molecule has 0 atom stereocenters. The average Bonchev–Trinajstić information content (AvgIpc) is 3.64. The minimum atomic E-state index is -1.10. The number of unbranched alkanes of at least 4 members (excludes halogenated alkanes) is 1. The fourth-order valence-electron chi connectivity index (χ4n) is 5.29. The maximum absolute atomic E-state index is 12.6. The van der Waals surface area contributed by atoms with Crippen molar-refractivity contribution in [3.05, 3.63) is 98.2 Å². The van der Waals surface area contributed by atoms with Crippen LogP contribution in [-0.2, 0) is 30.8 Å². The summed E-state index contributed by atoms with van der Waals surface area (Å²) in [6, 6.07) is 13.4. The summed E-state index contributed by atoms with van der Waals surface area (Å²) in [5, 5.41) is 25.4. The van der Waals surface area contributed by atoms with Gasteiger partial charge in [-0.15, -0.1) is 0 Å². The Morgan fingerprint density at radius 2 is 1.82 bits per heavy atom. The molecule has 1 aliphatic rings. The number of aromatic carboxylic acids is 1. The second-order valence-electron chi connectivity index (χ2n) is 10.6. The highest BCUT2D eigenvalue weighted by Gasteiger charge is 2.22. The number of carboxylic acid groups (broad SMARTS) is 2. The quantitative estimate of drug-likeness (QED) is 0.142. The van der Waals surface area contributed by atoms with Crippen molar-refractivity contribution in [3.63, 3.8) is 0 Å². The number of aromatic nitrogens is 2. The molecule has 0 spiro atoms. The number of aliphatic carboxylic acids is 1. The molecule has 45 heavy (non-hydrogen) atoms. The predicted octanol–water partition coefficient (Wildman–Crippen LogP) is 7.59. The zero-order chi connectivity index (χ0) is 32.1. The number of carboxylic acids is 2. The first-order valence-electron chi connectivity index (χ1n) is 14.4. The van der Waals surface area contributed by atoms with Gasteiger partial charge in [0, 0.05) is 62.8 Å². The van der Waals surface area contributed by atoms with Crippen LogP contribution in [0, 0.1) is 0 Å². The van der Waals surface area contributed by atoms with Crippen molar-refractivity contribution in [3.8, 4) is 28.5 Å². The summed E-state index contributed by atoms with van der Waals surface area (Å²) in [5.74, 6) is -0.478. The van der Waals surface area contributed by atoms with Crippen molar-refractivity contribution in [2.45, 2.75) is 45.8 Å². The lowest BCUT2D eigenvalue weighted by molar-refractivity contribution is -0.132. The summed E-state index contributed by atoms with van der Waals surface area (Å²) in [5.41, 5.74) is 4.13. The van der Waals surface area contributed by atoms with Gasteiger partial charge >= 0.3 is 11.9 Å². The fourth-order valence-corrected chi connectivity index (χ4v) is 5.65. The number of rotatable bonds is 13. The largest absolute Gasteiger partial charge is 0.496 e. The number of fused-ring (bicyclic) bond motifs is 1. The Kier molecular flexibility index (Phi) is 10.0. The van der Waals surface area contributed by atoms with Crippen molar-refractivity contribution in [1.82, 2.24) is 9.78 Å². The number of methoxy groups -OCH3 is 1. The van der Waals surface area contributed by atoms with Crippen molar-refractivity contribution in [2.75, 3.05) is 13.7 Å². The van der Waals surface area contributed by atoms with Crippen LogP contribution >= 0.6 is 23.2 Å². The van der Waals surface area contributed by atoms with Gasteiger partial charge in [-0.05, 0) is 61.0 Å². The van der Waals surface area contributed by atoms with E-state index in [1.165, 1.54) is 12.1 Å². The third-order valence-electron chi connectivity index (χ3n) is 7.55. The molecule has 9 nitrogen and oxygen atoms in total. The smallest absolute Gasteiger partial charge is 0.336 e. The zero-order valence-electron chi connectivity index (χ0n) is 24.8. The SMILES string of the molecule is CCCCn1ncc(/C=C(\Cc2cc3c(cc2OC)CCO3)C(=O)O)c1-c1ccc(Cl)cc1OCc1cc(Cl)ccc1C(=O)O. The molecule has 3 aromatic carbocycles. The van der Waals surface area contributed by atoms with E-state index in [2.05, 4.69) is 12.0 Å². The number of hydrogen-bond acceptors (Lipinski definition) is 6. The second-order valence-corrected chi connectivity index (χ2v) is 11.5. The first-order valence-corrected chi connectivity index (χ1v) is 15.2. The topological polar surface area (TPSA) is 120 Å². The minimum Gasteiger partial charge on any atom is -0.496 e. The zero-order valence-corrected chi connectivity index (χ0v) is 26.3. The number of benzene rings is 3. The number of aryl methyl sites for hydroxylation is 1. The van der Waals surface area contributed by atoms with Crippen LogP contribution in [0.3, 0.4) is 0 Å². The third-order valence-corrected chi connectivity index (χ3v) is 8.02. The van der Waals surface area contributed by atoms with E-state index in [9.17, 15) is 19.8 Å². The van der Waals surface area contributed by atoms with E-state index in [0.29, 0.717) is 62.6 Å². The second kappa shape index (κ2) is 14.1. The highest BCUT2D eigenvalue weighted by atomic mass is 35.5. The van der Waals surface area contributed by atoms with Gasteiger partial charge in [0.1, 0.15) is 23.9 Å². The van der Waals surface area contributed by atoms with Crippen LogP contribution in [-0.4, -0.2) is 45.6 Å². The fraction of sp³-hybridized carbons (Fsp3) is 0.265. The molecule has 2 heterocycles. The maximum Gasteiger partial charge on any atom is 0.336 e. The van der Waals surface area contributed by atoms with Gasteiger partial charge in [-0.1, -0.05) is 36.5 Å². The maximum atomic E-state index is 12.6. The molecule has 0 saturated heterocycles. The van der Waals surface area contributed by atoms with Crippen LogP contribution in [0.25, 0.3) is 17.3 Å². The molecule has 234 valence electrons. The number of carbonyl (C=O) groups is 2. The van der Waals surface area contributed by atoms with Crippen LogP contribution in [0.4, 0.5) is 0 Å². The Bertz CT molecular complexity index is 1780. The van der Waals surface area contributed by atoms with Gasteiger partial charge in [-0.25, -0.2) is 9.59 Å². The highest BCUT2D eigenvalue weighted by molar-refractivity contribution is 6.31. The normalized spacial score (nSPS) is 12.5. The first kappa shape index (κ1) is 31.9. The monoisotopic (exact) mass is 650 g/mol. The molecule has 0 bridgehead atoms. The summed E-state index contributed by atoms with van der Waals surface area (Å²) in [7, 11) is 1.56. The average molecular weight is 652 g/mol. The molecule has 5 rings (SSSR count). The number of nitrogens with zero attached hydrogens (tertiary/aromatic N) is 2. The van der Waals surface area contributed by atoms with Gasteiger partial charge in [0.2, 0.25) is 0 Å². The van der Waals surface area contributed by atoms with Gasteiger partial charge in [0.15, 0.2) is 0 Å².